The van der Waals surface area contributed by atoms with Crippen LogP contribution in [0.15, 0.2) is 23.9 Å². The molecule has 0 aliphatic heterocycles. The summed E-state index contributed by atoms with van der Waals surface area (Å²) in [5, 5.41) is 2.78. The van der Waals surface area contributed by atoms with E-state index in [0.717, 1.165) is 18.7 Å². The third-order valence-electron chi connectivity index (χ3n) is 2.42. The lowest BCUT2D eigenvalue weighted by Gasteiger charge is -2.18. The lowest BCUT2D eigenvalue weighted by atomic mass is 9.93. The first-order chi connectivity index (χ1) is 7.13. The molecule has 4 heteroatoms. The van der Waals surface area contributed by atoms with Crippen molar-refractivity contribution in [2.45, 2.75) is 25.8 Å². The molecule has 0 amide bonds. The number of carbonyl (C=O) groups is 1. The molecular formula is C11H17ClN2O. The van der Waals surface area contributed by atoms with E-state index in [2.05, 4.69) is 24.4 Å². The van der Waals surface area contributed by atoms with Crippen LogP contribution in [-0.2, 0) is 4.79 Å². The molecule has 0 saturated carbocycles. The number of halogens is 1. The Hall–Kier alpha value is -0.800. The maximum atomic E-state index is 10.8. The molecule has 0 fully saturated rings. The molecule has 0 aromatic heterocycles. The van der Waals surface area contributed by atoms with Crippen molar-refractivity contribution in [3.63, 3.8) is 0 Å². The van der Waals surface area contributed by atoms with Crippen LogP contribution in [0.3, 0.4) is 0 Å². The van der Waals surface area contributed by atoms with Gasteiger partial charge in [-0.1, -0.05) is 12.2 Å². The van der Waals surface area contributed by atoms with Gasteiger partial charge in [0.1, 0.15) is 0 Å². The Morgan fingerprint density at radius 1 is 1.80 bits per heavy atom. The Bertz CT molecular complexity index is 286. The van der Waals surface area contributed by atoms with E-state index < -0.39 is 11.3 Å². The molecule has 84 valence electrons. The SMILES string of the molecule is CCNC1=CC[C@@H](C[C@@H](N)C(=O)Cl)C=C1. The number of hydrogen-bond donors (Lipinski definition) is 2. The van der Waals surface area contributed by atoms with Gasteiger partial charge in [-0.05, 0) is 43.4 Å². The summed E-state index contributed by atoms with van der Waals surface area (Å²) in [6, 6.07) is -0.546. The van der Waals surface area contributed by atoms with Crippen molar-refractivity contribution in [3.8, 4) is 0 Å². The highest BCUT2D eigenvalue weighted by molar-refractivity contribution is 6.64. The second-order valence-electron chi connectivity index (χ2n) is 3.69. The van der Waals surface area contributed by atoms with Crippen LogP contribution < -0.4 is 11.1 Å². The fourth-order valence-electron chi connectivity index (χ4n) is 1.59. The van der Waals surface area contributed by atoms with Crippen LogP contribution >= 0.6 is 11.6 Å². The lowest BCUT2D eigenvalue weighted by molar-refractivity contribution is -0.113. The Balaban J connectivity index is 2.39. The minimum absolute atomic E-state index is 0.324. The van der Waals surface area contributed by atoms with Gasteiger partial charge in [-0.25, -0.2) is 0 Å². The maximum absolute atomic E-state index is 10.8. The number of rotatable bonds is 5. The molecule has 3 N–H and O–H groups in total. The van der Waals surface area contributed by atoms with E-state index in [1.165, 1.54) is 0 Å². The average Bonchev–Trinajstić information content (AvgIpc) is 2.21. The quantitative estimate of drug-likeness (QED) is 0.702. The van der Waals surface area contributed by atoms with E-state index in [1.807, 2.05) is 6.08 Å². The summed E-state index contributed by atoms with van der Waals surface area (Å²) >= 11 is 5.31. The van der Waals surface area contributed by atoms with Gasteiger partial charge in [0, 0.05) is 12.2 Å². The number of allylic oxidation sites excluding steroid dienone is 3. The number of hydrogen-bond acceptors (Lipinski definition) is 3. The van der Waals surface area contributed by atoms with E-state index in [4.69, 9.17) is 17.3 Å². The first kappa shape index (κ1) is 12.3. The molecule has 0 radical (unpaired) electrons. The van der Waals surface area contributed by atoms with Crippen LogP contribution in [0, 0.1) is 5.92 Å². The smallest absolute Gasteiger partial charge is 0.238 e. The minimum Gasteiger partial charge on any atom is -0.386 e. The van der Waals surface area contributed by atoms with E-state index in [-0.39, 0.29) is 0 Å². The number of likely N-dealkylation sites (N-methyl/N-ethyl adjacent to an activating group) is 1. The van der Waals surface area contributed by atoms with Gasteiger partial charge < -0.3 is 11.1 Å². The van der Waals surface area contributed by atoms with Crippen LogP contribution in [-0.4, -0.2) is 17.8 Å². The van der Waals surface area contributed by atoms with Crippen molar-refractivity contribution in [1.29, 1.82) is 0 Å². The predicted molar refractivity (Wildman–Crippen MR) is 62.5 cm³/mol. The molecule has 0 aromatic rings. The van der Waals surface area contributed by atoms with Gasteiger partial charge in [-0.15, -0.1) is 0 Å². The highest BCUT2D eigenvalue weighted by Crippen LogP contribution is 2.19. The zero-order valence-corrected chi connectivity index (χ0v) is 9.63. The zero-order chi connectivity index (χ0) is 11.3. The molecule has 2 atom stereocenters. The molecule has 15 heavy (non-hydrogen) atoms. The van der Waals surface area contributed by atoms with Crippen LogP contribution in [0.2, 0.25) is 0 Å². The molecule has 0 spiro atoms. The summed E-state index contributed by atoms with van der Waals surface area (Å²) in [6.45, 7) is 2.98. The molecule has 1 aliphatic rings. The largest absolute Gasteiger partial charge is 0.386 e. The van der Waals surface area contributed by atoms with Crippen molar-refractivity contribution in [3.05, 3.63) is 23.9 Å². The van der Waals surface area contributed by atoms with Crippen molar-refractivity contribution in [1.82, 2.24) is 5.32 Å². The number of nitrogens with one attached hydrogen (secondary N) is 1. The number of carbonyl (C=O) groups excluding carboxylic acids is 1. The van der Waals surface area contributed by atoms with Crippen molar-refractivity contribution >= 4 is 16.8 Å². The van der Waals surface area contributed by atoms with Gasteiger partial charge >= 0.3 is 0 Å². The lowest BCUT2D eigenvalue weighted by Crippen LogP contribution is -2.29. The number of nitrogens with two attached hydrogens (primary N) is 1. The minimum atomic E-state index is -0.546. The van der Waals surface area contributed by atoms with Crippen LogP contribution in [0.25, 0.3) is 0 Å². The summed E-state index contributed by atoms with van der Waals surface area (Å²) < 4.78 is 0. The Labute approximate surface area is 95.4 Å². The third kappa shape index (κ3) is 4.06. The summed E-state index contributed by atoms with van der Waals surface area (Å²) in [5.41, 5.74) is 6.73. The molecule has 0 saturated heterocycles. The molecule has 0 aromatic carbocycles. The van der Waals surface area contributed by atoms with Crippen LogP contribution in [0.1, 0.15) is 19.8 Å². The standard InChI is InChI=1S/C11H17ClN2O/c1-2-14-9-5-3-8(4-6-9)7-10(13)11(12)15/h3,5-6,8,10,14H,2,4,7,13H2,1H3/t8-,10+/m0/s1. The van der Waals surface area contributed by atoms with Gasteiger partial charge in [0.25, 0.3) is 0 Å². The summed E-state index contributed by atoms with van der Waals surface area (Å²) in [6.07, 6.45) is 7.77. The first-order valence-electron chi connectivity index (χ1n) is 5.20. The van der Waals surface area contributed by atoms with Gasteiger partial charge in [-0.2, -0.15) is 0 Å². The van der Waals surface area contributed by atoms with E-state index >= 15 is 0 Å². The monoisotopic (exact) mass is 228 g/mol. The highest BCUT2D eigenvalue weighted by Gasteiger charge is 2.17. The molecule has 1 rings (SSSR count). The van der Waals surface area contributed by atoms with Gasteiger partial charge in [0.15, 0.2) is 0 Å². The summed E-state index contributed by atoms with van der Waals surface area (Å²) in [5.74, 6) is 0.324. The van der Waals surface area contributed by atoms with Crippen molar-refractivity contribution < 1.29 is 4.79 Å². The van der Waals surface area contributed by atoms with Gasteiger partial charge in [-0.3, -0.25) is 4.79 Å². The van der Waals surface area contributed by atoms with Crippen molar-refractivity contribution in [2.24, 2.45) is 11.7 Å². The fourth-order valence-corrected chi connectivity index (χ4v) is 1.68. The fraction of sp³-hybridized carbons (Fsp3) is 0.545. The topological polar surface area (TPSA) is 55.1 Å². The molecular weight excluding hydrogens is 212 g/mol. The summed E-state index contributed by atoms with van der Waals surface area (Å²) in [7, 11) is 0. The zero-order valence-electron chi connectivity index (χ0n) is 8.87. The Morgan fingerprint density at radius 2 is 2.53 bits per heavy atom. The van der Waals surface area contributed by atoms with Crippen LogP contribution in [0.5, 0.6) is 0 Å². The molecule has 0 unspecified atom stereocenters. The molecule has 0 bridgehead atoms. The highest BCUT2D eigenvalue weighted by atomic mass is 35.5. The van der Waals surface area contributed by atoms with E-state index in [9.17, 15) is 4.79 Å². The second-order valence-corrected chi connectivity index (χ2v) is 4.06. The summed E-state index contributed by atoms with van der Waals surface area (Å²) in [4.78, 5) is 10.8. The van der Waals surface area contributed by atoms with E-state index in [1.54, 1.807) is 0 Å². The van der Waals surface area contributed by atoms with Gasteiger partial charge in [0.05, 0.1) is 6.04 Å². The average molecular weight is 229 g/mol. The Kier molecular flexibility index (Phi) is 4.85. The predicted octanol–water partition coefficient (Wildman–Crippen LogP) is 1.54. The van der Waals surface area contributed by atoms with Crippen LogP contribution in [0.4, 0.5) is 0 Å². The molecule has 0 heterocycles. The third-order valence-corrected chi connectivity index (χ3v) is 2.70. The van der Waals surface area contributed by atoms with Crippen molar-refractivity contribution in [2.75, 3.05) is 6.54 Å². The molecule has 1 aliphatic carbocycles. The second kappa shape index (κ2) is 5.93. The maximum Gasteiger partial charge on any atom is 0.238 e. The van der Waals surface area contributed by atoms with Gasteiger partial charge in [0.2, 0.25) is 5.24 Å². The first-order valence-corrected chi connectivity index (χ1v) is 5.58. The Morgan fingerprint density at radius 3 is 3.00 bits per heavy atom. The molecule has 3 nitrogen and oxygen atoms in total. The normalized spacial score (nSPS) is 22.1. The van der Waals surface area contributed by atoms with E-state index in [0.29, 0.717) is 12.3 Å².